The first-order valence-electron chi connectivity index (χ1n) is 7.13. The van der Waals surface area contributed by atoms with Crippen LogP contribution in [0.1, 0.15) is 33.6 Å². The maximum atomic E-state index is 12.1. The molecule has 1 aliphatic carbocycles. The van der Waals surface area contributed by atoms with E-state index in [0.29, 0.717) is 6.54 Å². The van der Waals surface area contributed by atoms with Crippen LogP contribution in [0.5, 0.6) is 0 Å². The summed E-state index contributed by atoms with van der Waals surface area (Å²) in [6.45, 7) is 0.618. The average molecular weight is 266 g/mol. The third kappa shape index (κ3) is 2.87. The molecule has 0 spiro atoms. The largest absolute Gasteiger partial charge is 0.352 e. The Balaban J connectivity index is 1.57. The van der Waals surface area contributed by atoms with Crippen LogP contribution in [-0.2, 0) is 19.3 Å². The molecule has 0 atom stereocenters. The van der Waals surface area contributed by atoms with E-state index in [1.54, 1.807) is 6.20 Å². The van der Waals surface area contributed by atoms with E-state index in [2.05, 4.69) is 16.4 Å². The first-order valence-corrected chi connectivity index (χ1v) is 7.13. The molecule has 102 valence electrons. The van der Waals surface area contributed by atoms with Gasteiger partial charge in [-0.2, -0.15) is 0 Å². The number of hydrogen-bond donors (Lipinski definition) is 1. The van der Waals surface area contributed by atoms with E-state index in [1.165, 1.54) is 17.5 Å². The summed E-state index contributed by atoms with van der Waals surface area (Å²) in [5.41, 5.74) is 4.51. The number of fused-ring (bicyclic) bond motifs is 1. The molecule has 0 bridgehead atoms. The fourth-order valence-electron chi connectivity index (χ4n) is 2.67. The smallest absolute Gasteiger partial charge is 0.251 e. The van der Waals surface area contributed by atoms with Gasteiger partial charge in [-0.25, -0.2) is 0 Å². The molecule has 0 saturated heterocycles. The molecule has 1 N–H and O–H groups in total. The molecule has 3 rings (SSSR count). The summed E-state index contributed by atoms with van der Waals surface area (Å²) in [6, 6.07) is 11.9. The third-order valence-electron chi connectivity index (χ3n) is 3.75. The number of pyridine rings is 1. The second kappa shape index (κ2) is 5.87. The molecule has 0 unspecified atom stereocenters. The second-order valence-electron chi connectivity index (χ2n) is 5.16. The number of nitrogens with zero attached hydrogens (tertiary/aromatic N) is 1. The fraction of sp³-hybridized carbons (Fsp3) is 0.294. The van der Waals surface area contributed by atoms with Gasteiger partial charge in [0.05, 0.1) is 0 Å². The van der Waals surface area contributed by atoms with Crippen LogP contribution in [0.25, 0.3) is 0 Å². The monoisotopic (exact) mass is 266 g/mol. The van der Waals surface area contributed by atoms with E-state index in [9.17, 15) is 4.79 Å². The van der Waals surface area contributed by atoms with E-state index in [0.717, 1.165) is 30.5 Å². The Morgan fingerprint density at radius 2 is 2.05 bits per heavy atom. The van der Waals surface area contributed by atoms with E-state index in [-0.39, 0.29) is 5.91 Å². The zero-order valence-electron chi connectivity index (χ0n) is 11.4. The topological polar surface area (TPSA) is 42.0 Å². The minimum absolute atomic E-state index is 0.00984. The van der Waals surface area contributed by atoms with Crippen LogP contribution in [0.3, 0.4) is 0 Å². The Hall–Kier alpha value is -2.16. The zero-order chi connectivity index (χ0) is 13.8. The average Bonchev–Trinajstić information content (AvgIpc) is 2.95. The molecule has 0 fully saturated rings. The summed E-state index contributed by atoms with van der Waals surface area (Å²) in [4.78, 5) is 16.3. The summed E-state index contributed by atoms with van der Waals surface area (Å²) in [7, 11) is 0. The van der Waals surface area contributed by atoms with Gasteiger partial charge in [0.15, 0.2) is 0 Å². The van der Waals surface area contributed by atoms with Crippen molar-refractivity contribution < 1.29 is 4.79 Å². The van der Waals surface area contributed by atoms with Crippen molar-refractivity contribution in [2.45, 2.75) is 25.7 Å². The maximum absolute atomic E-state index is 12.1. The number of amides is 1. The number of hydrogen-bond acceptors (Lipinski definition) is 2. The van der Waals surface area contributed by atoms with Gasteiger partial charge in [0.2, 0.25) is 0 Å². The number of benzene rings is 1. The summed E-state index contributed by atoms with van der Waals surface area (Å²) in [6.07, 6.45) is 6.00. The van der Waals surface area contributed by atoms with Crippen molar-refractivity contribution in [2.75, 3.05) is 6.54 Å². The van der Waals surface area contributed by atoms with Crippen molar-refractivity contribution in [3.63, 3.8) is 0 Å². The van der Waals surface area contributed by atoms with Crippen molar-refractivity contribution in [1.29, 1.82) is 0 Å². The summed E-state index contributed by atoms with van der Waals surface area (Å²) < 4.78 is 0. The Kier molecular flexibility index (Phi) is 3.77. The molecular weight excluding hydrogens is 248 g/mol. The molecule has 1 amide bonds. The molecule has 1 heterocycles. The summed E-state index contributed by atoms with van der Waals surface area (Å²) >= 11 is 0. The van der Waals surface area contributed by atoms with Crippen molar-refractivity contribution in [2.24, 2.45) is 0 Å². The van der Waals surface area contributed by atoms with Crippen molar-refractivity contribution >= 4 is 5.91 Å². The number of carbonyl (C=O) groups excluding carboxylic acids is 1. The predicted molar refractivity (Wildman–Crippen MR) is 78.7 cm³/mol. The van der Waals surface area contributed by atoms with E-state index >= 15 is 0 Å². The normalized spacial score (nSPS) is 13.0. The highest BCUT2D eigenvalue weighted by Gasteiger charge is 2.13. The number of aryl methyl sites for hydroxylation is 2. The summed E-state index contributed by atoms with van der Waals surface area (Å²) in [5.74, 6) is 0.00984. The number of carbonyl (C=O) groups is 1. The Bertz CT molecular complexity index is 608. The van der Waals surface area contributed by atoms with Gasteiger partial charge >= 0.3 is 0 Å². The van der Waals surface area contributed by atoms with Gasteiger partial charge in [0.25, 0.3) is 5.91 Å². The van der Waals surface area contributed by atoms with Crippen LogP contribution in [0.15, 0.2) is 42.6 Å². The second-order valence-corrected chi connectivity index (χ2v) is 5.16. The first kappa shape index (κ1) is 12.9. The van der Waals surface area contributed by atoms with Gasteiger partial charge in [-0.15, -0.1) is 0 Å². The van der Waals surface area contributed by atoms with Gasteiger partial charge in [-0.1, -0.05) is 12.1 Å². The van der Waals surface area contributed by atoms with Crippen LogP contribution in [0.4, 0.5) is 0 Å². The highest BCUT2D eigenvalue weighted by atomic mass is 16.1. The van der Waals surface area contributed by atoms with Crippen LogP contribution >= 0.6 is 0 Å². The predicted octanol–water partition coefficient (Wildman–Crippen LogP) is 2.54. The molecule has 20 heavy (non-hydrogen) atoms. The maximum Gasteiger partial charge on any atom is 0.251 e. The van der Waals surface area contributed by atoms with Gasteiger partial charge < -0.3 is 5.32 Å². The van der Waals surface area contributed by atoms with Gasteiger partial charge in [-0.3, -0.25) is 9.78 Å². The molecule has 1 aromatic carbocycles. The van der Waals surface area contributed by atoms with Gasteiger partial charge in [0, 0.05) is 30.4 Å². The zero-order valence-corrected chi connectivity index (χ0v) is 11.4. The molecule has 0 aliphatic heterocycles. The lowest BCUT2D eigenvalue weighted by Gasteiger charge is -2.07. The molecular formula is C17H18N2O. The third-order valence-corrected chi connectivity index (χ3v) is 3.75. The van der Waals surface area contributed by atoms with Crippen LogP contribution < -0.4 is 5.32 Å². The van der Waals surface area contributed by atoms with Crippen molar-refractivity contribution in [3.8, 4) is 0 Å². The highest BCUT2D eigenvalue weighted by molar-refractivity contribution is 5.94. The van der Waals surface area contributed by atoms with Crippen LogP contribution in [-0.4, -0.2) is 17.4 Å². The van der Waals surface area contributed by atoms with E-state index in [4.69, 9.17) is 0 Å². The fourth-order valence-corrected chi connectivity index (χ4v) is 2.67. The standard InChI is InChI=1S/C17H18N2O/c20-17(19-11-9-16-6-1-2-10-18-16)15-8-7-13-4-3-5-14(13)12-15/h1-2,6-8,10,12H,3-5,9,11H2,(H,19,20). The Labute approximate surface area is 119 Å². The van der Waals surface area contributed by atoms with Crippen LogP contribution in [0.2, 0.25) is 0 Å². The molecule has 3 heteroatoms. The lowest BCUT2D eigenvalue weighted by atomic mass is 10.1. The molecule has 2 aromatic rings. The molecule has 0 saturated carbocycles. The Morgan fingerprint density at radius 3 is 2.90 bits per heavy atom. The Morgan fingerprint density at radius 1 is 1.15 bits per heavy atom. The number of aromatic nitrogens is 1. The van der Waals surface area contributed by atoms with Gasteiger partial charge in [0.1, 0.15) is 0 Å². The SMILES string of the molecule is O=C(NCCc1ccccn1)c1ccc2c(c1)CCC2. The summed E-state index contributed by atoms with van der Waals surface area (Å²) in [5, 5.41) is 2.96. The number of rotatable bonds is 4. The van der Waals surface area contributed by atoms with Gasteiger partial charge in [-0.05, 0) is 54.7 Å². The molecule has 3 nitrogen and oxygen atoms in total. The van der Waals surface area contributed by atoms with Crippen molar-refractivity contribution in [1.82, 2.24) is 10.3 Å². The van der Waals surface area contributed by atoms with Crippen LogP contribution in [0, 0.1) is 0 Å². The molecule has 0 radical (unpaired) electrons. The van der Waals surface area contributed by atoms with E-state index in [1.807, 2.05) is 30.3 Å². The first-order chi connectivity index (χ1) is 9.83. The molecule has 1 aliphatic rings. The minimum atomic E-state index is 0.00984. The van der Waals surface area contributed by atoms with Crippen molar-refractivity contribution in [3.05, 3.63) is 65.0 Å². The highest BCUT2D eigenvalue weighted by Crippen LogP contribution is 2.22. The lowest BCUT2D eigenvalue weighted by Crippen LogP contribution is -2.26. The minimum Gasteiger partial charge on any atom is -0.352 e. The number of nitrogens with one attached hydrogen (secondary N) is 1. The van der Waals surface area contributed by atoms with E-state index < -0.39 is 0 Å². The molecule has 1 aromatic heterocycles. The lowest BCUT2D eigenvalue weighted by molar-refractivity contribution is 0.0954. The quantitative estimate of drug-likeness (QED) is 0.924.